The van der Waals surface area contributed by atoms with E-state index < -0.39 is 18.6 Å². The van der Waals surface area contributed by atoms with Crippen LogP contribution in [-0.4, -0.2) is 31.9 Å². The number of oxime groups is 1. The normalized spacial score (nSPS) is 12.1. The molecule has 6 nitrogen and oxygen atoms in total. The van der Waals surface area contributed by atoms with E-state index in [-0.39, 0.29) is 11.5 Å². The van der Waals surface area contributed by atoms with Gasteiger partial charge in [-0.3, -0.25) is 4.79 Å². The van der Waals surface area contributed by atoms with Gasteiger partial charge in [0.05, 0.1) is 13.3 Å². The molecule has 1 atom stereocenters. The fourth-order valence-electron chi connectivity index (χ4n) is 2.00. The van der Waals surface area contributed by atoms with Crippen molar-refractivity contribution >= 4 is 29.4 Å². The Morgan fingerprint density at radius 1 is 1.22 bits per heavy atom. The third-order valence-corrected chi connectivity index (χ3v) is 3.52. The van der Waals surface area contributed by atoms with E-state index in [0.717, 1.165) is 0 Å². The number of nitrogens with zero attached hydrogens (tertiary/aromatic N) is 1. The zero-order valence-electron chi connectivity index (χ0n) is 14.5. The molecule has 0 radical (unpaired) electrons. The predicted molar refractivity (Wildman–Crippen MR) is 97.8 cm³/mol. The van der Waals surface area contributed by atoms with Gasteiger partial charge < -0.3 is 19.6 Å². The number of methoxy groups -OCH3 is 1. The van der Waals surface area contributed by atoms with Crippen molar-refractivity contribution in [1.82, 2.24) is 0 Å². The third kappa shape index (κ3) is 6.41. The van der Waals surface area contributed by atoms with Crippen LogP contribution in [0.5, 0.6) is 11.5 Å². The maximum absolute atomic E-state index is 12.3. The van der Waals surface area contributed by atoms with Gasteiger partial charge in [-0.1, -0.05) is 22.8 Å². The predicted octanol–water partition coefficient (Wildman–Crippen LogP) is 4.33. The summed E-state index contributed by atoms with van der Waals surface area (Å²) in [7, 11) is 1.33. The van der Waals surface area contributed by atoms with Gasteiger partial charge in [0.25, 0.3) is 5.91 Å². The van der Waals surface area contributed by atoms with E-state index in [9.17, 15) is 13.6 Å². The molecule has 0 fully saturated rings. The van der Waals surface area contributed by atoms with Gasteiger partial charge in [-0.15, -0.1) is 0 Å². The molecule has 144 valence electrons. The van der Waals surface area contributed by atoms with Crippen molar-refractivity contribution in [3.05, 3.63) is 53.1 Å². The van der Waals surface area contributed by atoms with Crippen LogP contribution < -0.4 is 14.8 Å². The fourth-order valence-corrected chi connectivity index (χ4v) is 2.19. The molecule has 0 saturated heterocycles. The smallest absolute Gasteiger partial charge is 0.387 e. The average molecular weight is 399 g/mol. The van der Waals surface area contributed by atoms with Gasteiger partial charge in [-0.2, -0.15) is 8.78 Å². The van der Waals surface area contributed by atoms with Crippen molar-refractivity contribution in [1.29, 1.82) is 0 Å². The number of rotatable bonds is 8. The first-order valence-corrected chi connectivity index (χ1v) is 8.15. The van der Waals surface area contributed by atoms with Crippen molar-refractivity contribution in [3.63, 3.8) is 0 Å². The number of hydrogen-bond acceptors (Lipinski definition) is 5. The number of benzene rings is 2. The van der Waals surface area contributed by atoms with E-state index >= 15 is 0 Å². The van der Waals surface area contributed by atoms with Crippen molar-refractivity contribution < 1.29 is 27.9 Å². The maximum Gasteiger partial charge on any atom is 0.387 e. The number of nitrogens with one attached hydrogen (secondary N) is 1. The quantitative estimate of drug-likeness (QED) is 0.531. The molecule has 27 heavy (non-hydrogen) atoms. The highest BCUT2D eigenvalue weighted by molar-refractivity contribution is 6.30. The van der Waals surface area contributed by atoms with Crippen molar-refractivity contribution in [3.8, 4) is 11.5 Å². The van der Waals surface area contributed by atoms with Gasteiger partial charge >= 0.3 is 6.61 Å². The summed E-state index contributed by atoms with van der Waals surface area (Å²) in [5, 5.41) is 6.87. The molecule has 0 unspecified atom stereocenters. The molecule has 0 aliphatic heterocycles. The van der Waals surface area contributed by atoms with Crippen LogP contribution in [-0.2, 0) is 9.63 Å². The minimum atomic E-state index is -2.96. The average Bonchev–Trinajstić information content (AvgIpc) is 2.62. The molecule has 0 spiro atoms. The van der Waals surface area contributed by atoms with Gasteiger partial charge in [0.2, 0.25) is 6.10 Å². The Balaban J connectivity index is 1.94. The molecule has 0 aliphatic rings. The van der Waals surface area contributed by atoms with E-state index in [1.165, 1.54) is 38.4 Å². The minimum absolute atomic E-state index is 0.0974. The van der Waals surface area contributed by atoms with Gasteiger partial charge in [-0.25, -0.2) is 0 Å². The van der Waals surface area contributed by atoms with E-state index in [2.05, 4.69) is 15.2 Å². The lowest BCUT2D eigenvalue weighted by atomic mass is 10.2. The second-order valence-corrected chi connectivity index (χ2v) is 5.71. The molecule has 0 heterocycles. The summed E-state index contributed by atoms with van der Waals surface area (Å²) in [6.07, 6.45) is 0.446. The number of halogens is 3. The maximum atomic E-state index is 12.3. The minimum Gasteiger partial charge on any atom is -0.493 e. The lowest BCUT2D eigenvalue weighted by Gasteiger charge is -2.11. The molecule has 9 heteroatoms. The Kier molecular flexibility index (Phi) is 7.36. The standard InChI is InChI=1S/C18H17ClF2N2O4/c1-11(17(24)23-14-5-3-4-13(19)9-14)27-22-10-12-6-7-15(26-18(20)21)16(8-12)25-2/h3-11,18H,1-2H3,(H,23,24)/b22-10-/t11-/m0/s1. The fraction of sp³-hybridized carbons (Fsp3) is 0.222. The molecule has 2 aromatic rings. The van der Waals surface area contributed by atoms with Crippen LogP contribution in [0.15, 0.2) is 47.6 Å². The summed E-state index contributed by atoms with van der Waals surface area (Å²) in [6, 6.07) is 10.9. The molecule has 0 bridgehead atoms. The first kappa shape index (κ1) is 20.4. The van der Waals surface area contributed by atoms with Crippen LogP contribution in [0.3, 0.4) is 0 Å². The Hall–Kier alpha value is -2.87. The summed E-state index contributed by atoms with van der Waals surface area (Å²) in [4.78, 5) is 17.2. The second kappa shape index (κ2) is 9.72. The molecule has 0 saturated carbocycles. The summed E-state index contributed by atoms with van der Waals surface area (Å²) in [5.41, 5.74) is 1.04. The first-order chi connectivity index (χ1) is 12.9. The molecule has 0 aromatic heterocycles. The number of anilines is 1. The van der Waals surface area contributed by atoms with Crippen LogP contribution in [0, 0.1) is 0 Å². The zero-order valence-corrected chi connectivity index (χ0v) is 15.2. The van der Waals surface area contributed by atoms with Crippen LogP contribution in [0.25, 0.3) is 0 Å². The van der Waals surface area contributed by atoms with Gasteiger partial charge in [0.15, 0.2) is 11.5 Å². The zero-order chi connectivity index (χ0) is 19.8. The number of ether oxygens (including phenoxy) is 2. The number of alkyl halides is 2. The second-order valence-electron chi connectivity index (χ2n) is 5.27. The summed E-state index contributed by atoms with van der Waals surface area (Å²) >= 11 is 5.86. The molecule has 1 amide bonds. The van der Waals surface area contributed by atoms with Gasteiger partial charge in [0.1, 0.15) is 0 Å². The van der Waals surface area contributed by atoms with Crippen molar-refractivity contribution in [2.75, 3.05) is 12.4 Å². The molecule has 1 N–H and O–H groups in total. The number of amides is 1. The van der Waals surface area contributed by atoms with Gasteiger partial charge in [0, 0.05) is 16.3 Å². The molecular weight excluding hydrogens is 382 g/mol. The van der Waals surface area contributed by atoms with Crippen molar-refractivity contribution in [2.45, 2.75) is 19.6 Å². The highest BCUT2D eigenvalue weighted by atomic mass is 35.5. The van der Waals surface area contributed by atoms with Crippen molar-refractivity contribution in [2.24, 2.45) is 5.16 Å². The molecule has 0 aliphatic carbocycles. The molecular formula is C18H17ClF2N2O4. The topological polar surface area (TPSA) is 69.2 Å². The number of hydrogen-bond donors (Lipinski definition) is 1. The Morgan fingerprint density at radius 3 is 2.67 bits per heavy atom. The number of carbonyl (C=O) groups excluding carboxylic acids is 1. The SMILES string of the molecule is COc1cc(/C=N\O[C@@H](C)C(=O)Nc2cccc(Cl)c2)ccc1OC(F)F. The first-order valence-electron chi connectivity index (χ1n) is 7.77. The van der Waals surface area contributed by atoms with Crippen LogP contribution >= 0.6 is 11.6 Å². The monoisotopic (exact) mass is 398 g/mol. The third-order valence-electron chi connectivity index (χ3n) is 3.29. The largest absolute Gasteiger partial charge is 0.493 e. The molecule has 2 aromatic carbocycles. The Morgan fingerprint density at radius 2 is 2.00 bits per heavy atom. The van der Waals surface area contributed by atoms with Crippen LogP contribution in [0.4, 0.5) is 14.5 Å². The van der Waals surface area contributed by atoms with E-state index in [0.29, 0.717) is 16.3 Å². The van der Waals surface area contributed by atoms with E-state index in [4.69, 9.17) is 21.2 Å². The molecule has 2 rings (SSSR count). The Bertz CT molecular complexity index is 818. The highest BCUT2D eigenvalue weighted by Gasteiger charge is 2.14. The van der Waals surface area contributed by atoms with Crippen LogP contribution in [0.2, 0.25) is 5.02 Å². The van der Waals surface area contributed by atoms with E-state index in [1.807, 2.05) is 0 Å². The van der Waals surface area contributed by atoms with Crippen LogP contribution in [0.1, 0.15) is 12.5 Å². The summed E-state index contributed by atoms with van der Waals surface area (Å²) < 4.78 is 34.0. The number of carbonyl (C=O) groups is 1. The highest BCUT2D eigenvalue weighted by Crippen LogP contribution is 2.29. The Labute approximate surface area is 159 Å². The lowest BCUT2D eigenvalue weighted by molar-refractivity contribution is -0.126. The van der Waals surface area contributed by atoms with E-state index in [1.54, 1.807) is 24.3 Å². The van der Waals surface area contributed by atoms with Gasteiger partial charge in [-0.05, 0) is 43.3 Å². The lowest BCUT2D eigenvalue weighted by Crippen LogP contribution is -2.26. The summed E-state index contributed by atoms with van der Waals surface area (Å²) in [6.45, 7) is -1.43. The summed E-state index contributed by atoms with van der Waals surface area (Å²) in [5.74, 6) is -0.390.